The minimum atomic E-state index is -0.122. The number of carbonyl (C=O) groups excluding carboxylic acids is 1. The zero-order valence-electron chi connectivity index (χ0n) is 10.9. The molecule has 0 spiro atoms. The van der Waals surface area contributed by atoms with E-state index in [4.69, 9.17) is 5.73 Å². The van der Waals surface area contributed by atoms with E-state index in [1.54, 1.807) is 0 Å². The Labute approximate surface area is 121 Å². The molecule has 0 aliphatic heterocycles. The van der Waals surface area contributed by atoms with Crippen LogP contribution in [0.1, 0.15) is 20.8 Å². The van der Waals surface area contributed by atoms with Gasteiger partial charge in [-0.05, 0) is 47.0 Å². The van der Waals surface area contributed by atoms with Gasteiger partial charge in [0.15, 0.2) is 0 Å². The smallest absolute Gasteiger partial charge is 0.233 e. The third kappa shape index (κ3) is 4.90. The van der Waals surface area contributed by atoms with Crippen LogP contribution in [-0.2, 0) is 4.79 Å². The summed E-state index contributed by atoms with van der Waals surface area (Å²) in [6.45, 7) is 6.78. The Morgan fingerprint density at radius 2 is 2.11 bits per heavy atom. The SMILES string of the molecule is CC(C)CNC(=O)C(C)Sc1ccc(N)cc1Br. The molecule has 1 unspecified atom stereocenters. The Hall–Kier alpha value is -0.680. The lowest BCUT2D eigenvalue weighted by Gasteiger charge is -2.14. The fourth-order valence-corrected chi connectivity index (χ4v) is 2.87. The number of carbonyl (C=O) groups is 1. The number of nitrogen functional groups attached to an aromatic ring is 1. The number of rotatable bonds is 5. The molecule has 0 aliphatic carbocycles. The molecule has 0 saturated heterocycles. The van der Waals surface area contributed by atoms with Gasteiger partial charge in [-0.2, -0.15) is 0 Å². The van der Waals surface area contributed by atoms with Crippen LogP contribution >= 0.6 is 27.7 Å². The largest absolute Gasteiger partial charge is 0.399 e. The van der Waals surface area contributed by atoms with Gasteiger partial charge in [0.1, 0.15) is 0 Å². The number of hydrogen-bond donors (Lipinski definition) is 2. The number of thioether (sulfide) groups is 1. The molecular formula is C13H19BrN2OS. The van der Waals surface area contributed by atoms with Crippen molar-refractivity contribution in [1.29, 1.82) is 0 Å². The molecule has 1 atom stereocenters. The molecule has 100 valence electrons. The van der Waals surface area contributed by atoms with Crippen LogP contribution in [0.3, 0.4) is 0 Å². The summed E-state index contributed by atoms with van der Waals surface area (Å²) in [5.74, 6) is 0.534. The van der Waals surface area contributed by atoms with Crippen LogP contribution < -0.4 is 11.1 Å². The van der Waals surface area contributed by atoms with Gasteiger partial charge < -0.3 is 11.1 Å². The molecule has 0 bridgehead atoms. The van der Waals surface area contributed by atoms with E-state index in [9.17, 15) is 4.79 Å². The Morgan fingerprint density at radius 3 is 2.67 bits per heavy atom. The summed E-state index contributed by atoms with van der Waals surface area (Å²) in [5.41, 5.74) is 6.39. The molecule has 0 saturated carbocycles. The first-order valence-electron chi connectivity index (χ1n) is 5.89. The van der Waals surface area contributed by atoms with Crippen molar-refractivity contribution in [2.75, 3.05) is 12.3 Å². The summed E-state index contributed by atoms with van der Waals surface area (Å²) in [5, 5.41) is 2.81. The molecule has 0 aromatic heterocycles. The molecule has 1 aromatic carbocycles. The third-order valence-corrected chi connectivity index (χ3v) is 4.41. The molecule has 0 radical (unpaired) electrons. The maximum absolute atomic E-state index is 11.9. The average Bonchev–Trinajstić information content (AvgIpc) is 2.29. The van der Waals surface area contributed by atoms with Crippen molar-refractivity contribution < 1.29 is 4.79 Å². The predicted octanol–water partition coefficient (Wildman–Crippen LogP) is 3.28. The molecule has 0 heterocycles. The van der Waals surface area contributed by atoms with E-state index in [1.807, 2.05) is 25.1 Å². The first-order chi connectivity index (χ1) is 8.40. The second-order valence-electron chi connectivity index (χ2n) is 4.59. The lowest BCUT2D eigenvalue weighted by Crippen LogP contribution is -2.33. The van der Waals surface area contributed by atoms with Gasteiger partial charge in [0.25, 0.3) is 0 Å². The van der Waals surface area contributed by atoms with E-state index in [0.29, 0.717) is 18.2 Å². The van der Waals surface area contributed by atoms with E-state index in [-0.39, 0.29) is 11.2 Å². The Morgan fingerprint density at radius 1 is 1.44 bits per heavy atom. The first kappa shape index (κ1) is 15.4. The number of nitrogens with one attached hydrogen (secondary N) is 1. The van der Waals surface area contributed by atoms with Crippen LogP contribution in [0.5, 0.6) is 0 Å². The van der Waals surface area contributed by atoms with Crippen LogP contribution in [0.2, 0.25) is 0 Å². The monoisotopic (exact) mass is 330 g/mol. The van der Waals surface area contributed by atoms with Crippen molar-refractivity contribution in [2.24, 2.45) is 5.92 Å². The maximum atomic E-state index is 11.9. The Bertz CT molecular complexity index is 423. The summed E-state index contributed by atoms with van der Waals surface area (Å²) < 4.78 is 0.927. The van der Waals surface area contributed by atoms with E-state index in [0.717, 1.165) is 9.37 Å². The number of amides is 1. The van der Waals surface area contributed by atoms with Crippen molar-refractivity contribution in [1.82, 2.24) is 5.32 Å². The fourth-order valence-electron chi connectivity index (χ4n) is 1.31. The van der Waals surface area contributed by atoms with Crippen LogP contribution in [-0.4, -0.2) is 17.7 Å². The van der Waals surface area contributed by atoms with Crippen LogP contribution in [0.4, 0.5) is 5.69 Å². The molecule has 3 nitrogen and oxygen atoms in total. The summed E-state index contributed by atoms with van der Waals surface area (Å²) >= 11 is 4.98. The van der Waals surface area contributed by atoms with E-state index in [1.165, 1.54) is 11.8 Å². The maximum Gasteiger partial charge on any atom is 0.233 e. The minimum absolute atomic E-state index is 0.0671. The highest BCUT2D eigenvalue weighted by atomic mass is 79.9. The number of nitrogens with two attached hydrogens (primary N) is 1. The number of anilines is 1. The summed E-state index contributed by atoms with van der Waals surface area (Å²) in [6.07, 6.45) is 0. The van der Waals surface area contributed by atoms with E-state index in [2.05, 4.69) is 35.1 Å². The quantitative estimate of drug-likeness (QED) is 0.643. The molecule has 3 N–H and O–H groups in total. The zero-order valence-corrected chi connectivity index (χ0v) is 13.3. The topological polar surface area (TPSA) is 55.1 Å². The van der Waals surface area contributed by atoms with Crippen LogP contribution in [0.15, 0.2) is 27.6 Å². The molecule has 5 heteroatoms. The van der Waals surface area contributed by atoms with Crippen molar-refractivity contribution >= 4 is 39.3 Å². The average molecular weight is 331 g/mol. The zero-order chi connectivity index (χ0) is 13.7. The van der Waals surface area contributed by atoms with Crippen LogP contribution in [0.25, 0.3) is 0 Å². The molecule has 1 rings (SSSR count). The predicted molar refractivity (Wildman–Crippen MR) is 81.7 cm³/mol. The molecule has 18 heavy (non-hydrogen) atoms. The van der Waals surface area contributed by atoms with E-state index >= 15 is 0 Å². The van der Waals surface area contributed by atoms with Gasteiger partial charge in [-0.25, -0.2) is 0 Å². The molecule has 0 aliphatic rings. The molecular weight excluding hydrogens is 312 g/mol. The Balaban J connectivity index is 2.58. The van der Waals surface area contributed by atoms with Gasteiger partial charge in [-0.1, -0.05) is 13.8 Å². The highest BCUT2D eigenvalue weighted by Crippen LogP contribution is 2.32. The normalized spacial score (nSPS) is 12.5. The third-order valence-electron chi connectivity index (χ3n) is 2.31. The highest BCUT2D eigenvalue weighted by Gasteiger charge is 2.15. The van der Waals surface area contributed by atoms with Crippen LogP contribution in [0, 0.1) is 5.92 Å². The van der Waals surface area contributed by atoms with Gasteiger partial charge >= 0.3 is 0 Å². The summed E-state index contributed by atoms with van der Waals surface area (Å²) in [4.78, 5) is 12.9. The fraction of sp³-hybridized carbons (Fsp3) is 0.462. The Kier molecular flexibility index (Phi) is 6.02. The lowest BCUT2D eigenvalue weighted by atomic mass is 10.2. The van der Waals surface area contributed by atoms with E-state index < -0.39 is 0 Å². The minimum Gasteiger partial charge on any atom is -0.399 e. The summed E-state index contributed by atoms with van der Waals surface area (Å²) in [7, 11) is 0. The number of benzene rings is 1. The molecule has 0 fully saturated rings. The number of halogens is 1. The van der Waals surface area contributed by atoms with Crippen molar-refractivity contribution in [3.8, 4) is 0 Å². The van der Waals surface area contributed by atoms with Gasteiger partial charge in [0, 0.05) is 21.6 Å². The second kappa shape index (κ2) is 7.04. The van der Waals surface area contributed by atoms with Crippen molar-refractivity contribution in [3.05, 3.63) is 22.7 Å². The molecule has 1 aromatic rings. The second-order valence-corrected chi connectivity index (χ2v) is 6.83. The standard InChI is InChI=1S/C13H19BrN2OS/c1-8(2)7-16-13(17)9(3)18-12-5-4-10(15)6-11(12)14/h4-6,8-9H,7,15H2,1-3H3,(H,16,17). The van der Waals surface area contributed by atoms with Gasteiger partial charge in [-0.15, -0.1) is 11.8 Å². The number of hydrogen-bond acceptors (Lipinski definition) is 3. The van der Waals surface area contributed by atoms with Gasteiger partial charge in [-0.3, -0.25) is 4.79 Å². The van der Waals surface area contributed by atoms with Crippen molar-refractivity contribution in [2.45, 2.75) is 30.9 Å². The summed E-state index contributed by atoms with van der Waals surface area (Å²) in [6, 6.07) is 5.61. The van der Waals surface area contributed by atoms with Gasteiger partial charge in [0.05, 0.1) is 5.25 Å². The lowest BCUT2D eigenvalue weighted by molar-refractivity contribution is -0.120. The van der Waals surface area contributed by atoms with Crippen molar-refractivity contribution in [3.63, 3.8) is 0 Å². The highest BCUT2D eigenvalue weighted by molar-refractivity contribution is 9.10. The molecule has 1 amide bonds. The van der Waals surface area contributed by atoms with Gasteiger partial charge in [0.2, 0.25) is 5.91 Å². The first-order valence-corrected chi connectivity index (χ1v) is 7.56.